The summed E-state index contributed by atoms with van der Waals surface area (Å²) in [6.45, 7) is 1.77. The number of hydrogen-bond donors (Lipinski definition) is 2. The molecule has 0 aromatic heterocycles. The first-order valence-corrected chi connectivity index (χ1v) is 8.42. The molecule has 3 aromatic rings. The van der Waals surface area contributed by atoms with Gasteiger partial charge < -0.3 is 15.1 Å². The molecule has 140 valence electrons. The van der Waals surface area contributed by atoms with E-state index in [0.29, 0.717) is 0 Å². The van der Waals surface area contributed by atoms with Crippen molar-refractivity contribution in [2.75, 3.05) is 27.2 Å². The number of aliphatic carboxylic acids is 2. The van der Waals surface area contributed by atoms with E-state index >= 15 is 0 Å². The number of fused-ring (bicyclic) bond motifs is 2. The SMILES string of the molecule is CN(C)CCN=c1c2ccccc2ccc2ccccc12.O=C(O)C(=O)O. The number of hydrogen-bond acceptors (Lipinski definition) is 4. The second-order valence-electron chi connectivity index (χ2n) is 6.15. The van der Waals surface area contributed by atoms with Gasteiger partial charge in [-0.3, -0.25) is 4.99 Å². The van der Waals surface area contributed by atoms with E-state index in [-0.39, 0.29) is 0 Å². The highest BCUT2D eigenvalue weighted by atomic mass is 16.4. The van der Waals surface area contributed by atoms with Crippen molar-refractivity contribution in [1.82, 2.24) is 4.90 Å². The number of likely N-dealkylation sites (N-methyl/N-ethyl adjacent to an activating group) is 1. The summed E-state index contributed by atoms with van der Waals surface area (Å²) >= 11 is 0. The van der Waals surface area contributed by atoms with Gasteiger partial charge in [0.25, 0.3) is 0 Å². The third-order valence-electron chi connectivity index (χ3n) is 3.87. The van der Waals surface area contributed by atoms with Gasteiger partial charge in [-0.05, 0) is 24.9 Å². The smallest absolute Gasteiger partial charge is 0.414 e. The van der Waals surface area contributed by atoms with Crippen LogP contribution < -0.4 is 5.36 Å². The molecule has 0 fully saturated rings. The molecule has 0 aliphatic carbocycles. The van der Waals surface area contributed by atoms with E-state index in [4.69, 9.17) is 24.8 Å². The molecule has 0 unspecified atom stereocenters. The zero-order valence-corrected chi connectivity index (χ0v) is 15.3. The number of rotatable bonds is 3. The van der Waals surface area contributed by atoms with Gasteiger partial charge >= 0.3 is 11.9 Å². The number of nitrogens with zero attached hydrogens (tertiary/aromatic N) is 2. The molecular formula is C21H22N2O4. The zero-order chi connectivity index (χ0) is 19.8. The molecule has 0 saturated carbocycles. The lowest BCUT2D eigenvalue weighted by Crippen LogP contribution is -2.17. The van der Waals surface area contributed by atoms with Gasteiger partial charge in [-0.2, -0.15) is 0 Å². The van der Waals surface area contributed by atoms with Crippen molar-refractivity contribution in [2.45, 2.75) is 0 Å². The van der Waals surface area contributed by atoms with Crippen molar-refractivity contribution >= 4 is 33.5 Å². The van der Waals surface area contributed by atoms with Gasteiger partial charge in [-0.25, -0.2) is 9.59 Å². The van der Waals surface area contributed by atoms with E-state index in [1.165, 1.54) is 21.5 Å². The van der Waals surface area contributed by atoms with Gasteiger partial charge in [-0.15, -0.1) is 0 Å². The third kappa shape index (κ3) is 5.62. The molecule has 0 bridgehead atoms. The number of benzene rings is 2. The van der Waals surface area contributed by atoms with Gasteiger partial charge in [-0.1, -0.05) is 60.7 Å². The van der Waals surface area contributed by atoms with Crippen LogP contribution in [0.3, 0.4) is 0 Å². The molecule has 6 nitrogen and oxygen atoms in total. The average Bonchev–Trinajstić information content (AvgIpc) is 2.80. The normalized spacial score (nSPS) is 10.3. The maximum atomic E-state index is 9.10. The van der Waals surface area contributed by atoms with Crippen LogP contribution >= 0.6 is 0 Å². The molecule has 0 radical (unpaired) electrons. The van der Waals surface area contributed by atoms with E-state index in [1.807, 2.05) is 0 Å². The summed E-state index contributed by atoms with van der Waals surface area (Å²) in [4.78, 5) is 25.3. The van der Waals surface area contributed by atoms with Crippen LogP contribution in [-0.4, -0.2) is 54.2 Å². The van der Waals surface area contributed by atoms with E-state index < -0.39 is 11.9 Å². The predicted molar refractivity (Wildman–Crippen MR) is 106 cm³/mol. The molecule has 0 aliphatic heterocycles. The highest BCUT2D eigenvalue weighted by Gasteiger charge is 2.04. The van der Waals surface area contributed by atoms with Gasteiger partial charge in [0.2, 0.25) is 0 Å². The van der Waals surface area contributed by atoms with Crippen LogP contribution in [-0.2, 0) is 9.59 Å². The highest BCUT2D eigenvalue weighted by Crippen LogP contribution is 2.15. The van der Waals surface area contributed by atoms with Crippen molar-refractivity contribution in [2.24, 2.45) is 4.99 Å². The van der Waals surface area contributed by atoms with Crippen molar-refractivity contribution in [3.8, 4) is 0 Å². The first-order valence-electron chi connectivity index (χ1n) is 8.42. The van der Waals surface area contributed by atoms with Crippen molar-refractivity contribution in [3.63, 3.8) is 0 Å². The monoisotopic (exact) mass is 366 g/mol. The quantitative estimate of drug-likeness (QED) is 0.696. The molecule has 0 saturated heterocycles. The lowest BCUT2D eigenvalue weighted by molar-refractivity contribution is -0.159. The van der Waals surface area contributed by atoms with Crippen LogP contribution in [0.25, 0.3) is 21.5 Å². The van der Waals surface area contributed by atoms with Crippen LogP contribution in [0.15, 0.2) is 65.7 Å². The van der Waals surface area contributed by atoms with Crippen molar-refractivity contribution < 1.29 is 19.8 Å². The summed E-state index contributed by atoms with van der Waals surface area (Å²) in [5.74, 6) is -3.65. The van der Waals surface area contributed by atoms with Crippen molar-refractivity contribution in [1.29, 1.82) is 0 Å². The standard InChI is InChI=1S/C19H20N2.C2H2O4/c1-21(2)14-13-20-19-17-9-5-3-7-15(17)11-12-16-8-4-6-10-18(16)19;3-1(4)2(5)6/h3-12H,13-14H2,1-2H3;(H,3,4)(H,5,6). The number of carboxylic acids is 2. The Kier molecular flexibility index (Phi) is 7.02. The summed E-state index contributed by atoms with van der Waals surface area (Å²) in [6.07, 6.45) is 0. The van der Waals surface area contributed by atoms with Crippen LogP contribution in [0.4, 0.5) is 0 Å². The predicted octanol–water partition coefficient (Wildman–Crippen LogP) is 2.61. The lowest BCUT2D eigenvalue weighted by atomic mass is 10.1. The topological polar surface area (TPSA) is 90.2 Å². The molecule has 3 rings (SSSR count). The van der Waals surface area contributed by atoms with Crippen LogP contribution in [0.2, 0.25) is 0 Å². The maximum Gasteiger partial charge on any atom is 0.414 e. The Morgan fingerprint density at radius 3 is 1.67 bits per heavy atom. The van der Waals surface area contributed by atoms with Gasteiger partial charge in [0.05, 0.1) is 11.9 Å². The van der Waals surface area contributed by atoms with Crippen LogP contribution in [0.5, 0.6) is 0 Å². The fourth-order valence-corrected chi connectivity index (χ4v) is 2.57. The Bertz CT molecular complexity index is 955. The van der Waals surface area contributed by atoms with Crippen LogP contribution in [0.1, 0.15) is 0 Å². The van der Waals surface area contributed by atoms with E-state index in [1.54, 1.807) is 0 Å². The second kappa shape index (κ2) is 9.45. The summed E-state index contributed by atoms with van der Waals surface area (Å²) in [5.41, 5.74) is 0. The fourth-order valence-electron chi connectivity index (χ4n) is 2.57. The first-order chi connectivity index (χ1) is 12.9. The summed E-state index contributed by atoms with van der Waals surface area (Å²) in [5, 5.41) is 20.8. The molecular weight excluding hydrogens is 344 g/mol. The molecule has 0 spiro atoms. The molecule has 6 heteroatoms. The molecule has 3 aromatic carbocycles. The van der Waals surface area contributed by atoms with Crippen LogP contribution in [0, 0.1) is 0 Å². The minimum atomic E-state index is -1.82. The van der Waals surface area contributed by atoms with Gasteiger partial charge in [0, 0.05) is 17.3 Å². The molecule has 0 aliphatic rings. The average molecular weight is 366 g/mol. The number of carboxylic acid groups (broad SMARTS) is 2. The summed E-state index contributed by atoms with van der Waals surface area (Å²) in [6, 6.07) is 21.3. The molecule has 2 N–H and O–H groups in total. The Hall–Kier alpha value is -3.25. The van der Waals surface area contributed by atoms with E-state index in [9.17, 15) is 0 Å². The van der Waals surface area contributed by atoms with Gasteiger partial charge in [0.1, 0.15) is 0 Å². The molecule has 0 amide bonds. The molecule has 0 atom stereocenters. The lowest BCUT2D eigenvalue weighted by Gasteiger charge is -2.05. The highest BCUT2D eigenvalue weighted by molar-refractivity contribution is 6.27. The first kappa shape index (κ1) is 20.1. The summed E-state index contributed by atoms with van der Waals surface area (Å²) < 4.78 is 0. The third-order valence-corrected chi connectivity index (χ3v) is 3.87. The largest absolute Gasteiger partial charge is 0.473 e. The Morgan fingerprint density at radius 2 is 1.26 bits per heavy atom. The minimum absolute atomic E-state index is 0.811. The molecule has 0 heterocycles. The van der Waals surface area contributed by atoms with Gasteiger partial charge in [0.15, 0.2) is 0 Å². The van der Waals surface area contributed by atoms with E-state index in [0.717, 1.165) is 18.4 Å². The fraction of sp³-hybridized carbons (Fsp3) is 0.190. The minimum Gasteiger partial charge on any atom is -0.473 e. The van der Waals surface area contributed by atoms with Crippen molar-refractivity contribution in [3.05, 3.63) is 66.0 Å². The Labute approximate surface area is 157 Å². The zero-order valence-electron chi connectivity index (χ0n) is 15.3. The Balaban J connectivity index is 0.000000380. The maximum absolute atomic E-state index is 9.10. The number of carbonyl (C=O) groups is 2. The molecule has 27 heavy (non-hydrogen) atoms. The second-order valence-corrected chi connectivity index (χ2v) is 6.15. The Morgan fingerprint density at radius 1 is 0.815 bits per heavy atom. The van der Waals surface area contributed by atoms with E-state index in [2.05, 4.69) is 79.7 Å². The summed E-state index contributed by atoms with van der Waals surface area (Å²) in [7, 11) is 4.16.